The van der Waals surface area contributed by atoms with Crippen molar-refractivity contribution in [1.82, 2.24) is 9.78 Å². The molecule has 84 valence electrons. The number of rotatable bonds is 2. The van der Waals surface area contributed by atoms with Crippen molar-refractivity contribution < 1.29 is 4.39 Å². The van der Waals surface area contributed by atoms with Gasteiger partial charge in [0.2, 0.25) is 0 Å². The molecule has 0 fully saturated rings. The summed E-state index contributed by atoms with van der Waals surface area (Å²) in [6.45, 7) is 4.10. The highest BCUT2D eigenvalue weighted by molar-refractivity contribution is 5.60. The Morgan fingerprint density at radius 3 is 2.50 bits per heavy atom. The van der Waals surface area contributed by atoms with Gasteiger partial charge in [-0.25, -0.2) is 4.39 Å². The van der Waals surface area contributed by atoms with E-state index in [0.717, 1.165) is 5.56 Å². The van der Waals surface area contributed by atoms with E-state index in [4.69, 9.17) is 0 Å². The topological polar surface area (TPSA) is 17.8 Å². The molecule has 0 saturated carbocycles. The Hall–Kier alpha value is -1.64. The Morgan fingerprint density at radius 2 is 2.00 bits per heavy atom. The van der Waals surface area contributed by atoms with E-state index in [1.807, 2.05) is 25.4 Å². The van der Waals surface area contributed by atoms with Crippen LogP contribution in [0, 0.1) is 5.82 Å². The summed E-state index contributed by atoms with van der Waals surface area (Å²) in [5, 5.41) is 4.19. The molecule has 16 heavy (non-hydrogen) atoms. The van der Waals surface area contributed by atoms with Crippen LogP contribution >= 0.6 is 0 Å². The predicted molar refractivity (Wildman–Crippen MR) is 62.7 cm³/mol. The van der Waals surface area contributed by atoms with Crippen LogP contribution in [0.3, 0.4) is 0 Å². The summed E-state index contributed by atoms with van der Waals surface area (Å²) in [4.78, 5) is 0. The van der Waals surface area contributed by atoms with Crippen LogP contribution < -0.4 is 0 Å². The normalized spacial score (nSPS) is 11.1. The van der Waals surface area contributed by atoms with Gasteiger partial charge in [0, 0.05) is 18.8 Å². The van der Waals surface area contributed by atoms with Crippen LogP contribution in [0.1, 0.15) is 25.3 Å². The van der Waals surface area contributed by atoms with E-state index in [9.17, 15) is 4.39 Å². The number of nitrogens with zero attached hydrogens (tertiary/aromatic N) is 2. The zero-order chi connectivity index (χ0) is 11.7. The van der Waals surface area contributed by atoms with Gasteiger partial charge in [-0.15, -0.1) is 0 Å². The summed E-state index contributed by atoms with van der Waals surface area (Å²) in [5.74, 6) is 0.136. The third-order valence-electron chi connectivity index (χ3n) is 2.65. The van der Waals surface area contributed by atoms with E-state index in [1.165, 1.54) is 0 Å². The largest absolute Gasteiger partial charge is 0.275 e. The van der Waals surface area contributed by atoms with Crippen LogP contribution in [0.4, 0.5) is 4.39 Å². The molecule has 0 aliphatic rings. The Kier molecular flexibility index (Phi) is 2.77. The second-order valence-corrected chi connectivity index (χ2v) is 4.27. The number of hydrogen-bond donors (Lipinski definition) is 0. The maximum Gasteiger partial charge on any atom is 0.132 e. The first kappa shape index (κ1) is 10.9. The van der Waals surface area contributed by atoms with Crippen LogP contribution in [0.25, 0.3) is 11.3 Å². The average Bonchev–Trinajstić information content (AvgIpc) is 2.64. The number of aromatic nitrogens is 2. The summed E-state index contributed by atoms with van der Waals surface area (Å²) in [6.07, 6.45) is 1.81. The van der Waals surface area contributed by atoms with Crippen LogP contribution in [-0.2, 0) is 7.05 Å². The molecule has 2 aromatic rings. The van der Waals surface area contributed by atoms with Gasteiger partial charge in [0.15, 0.2) is 0 Å². The Balaban J connectivity index is 2.44. The van der Waals surface area contributed by atoms with Gasteiger partial charge in [-0.3, -0.25) is 4.68 Å². The molecule has 0 atom stereocenters. The van der Waals surface area contributed by atoms with Crippen LogP contribution in [0.5, 0.6) is 0 Å². The molecule has 1 aromatic heterocycles. The van der Waals surface area contributed by atoms with E-state index >= 15 is 0 Å². The van der Waals surface area contributed by atoms with Gasteiger partial charge in [-0.2, -0.15) is 5.10 Å². The summed E-state index contributed by atoms with van der Waals surface area (Å²) >= 11 is 0. The van der Waals surface area contributed by atoms with Crippen molar-refractivity contribution in [2.45, 2.75) is 19.8 Å². The van der Waals surface area contributed by atoms with Gasteiger partial charge >= 0.3 is 0 Å². The monoisotopic (exact) mass is 218 g/mol. The predicted octanol–water partition coefficient (Wildman–Crippen LogP) is 3.35. The lowest BCUT2D eigenvalue weighted by molar-refractivity contribution is 0.625. The second kappa shape index (κ2) is 4.08. The fourth-order valence-corrected chi connectivity index (χ4v) is 1.66. The molecule has 0 saturated heterocycles. The van der Waals surface area contributed by atoms with E-state index in [0.29, 0.717) is 17.2 Å². The lowest BCUT2D eigenvalue weighted by atomic mass is 10.0. The first-order valence-corrected chi connectivity index (χ1v) is 5.37. The molecule has 0 spiro atoms. The van der Waals surface area contributed by atoms with Crippen LogP contribution in [0.15, 0.2) is 30.5 Å². The molecular formula is C13H15FN2. The molecule has 3 heteroatoms. The van der Waals surface area contributed by atoms with Crippen molar-refractivity contribution in [2.24, 2.45) is 7.05 Å². The Bertz CT molecular complexity index is 500. The average molecular weight is 218 g/mol. The van der Waals surface area contributed by atoms with E-state index < -0.39 is 0 Å². The molecule has 0 amide bonds. The standard InChI is InChI=1S/C13H15FN2/c1-9(2)10-4-5-11(12(14)8-10)13-6-7-16(3)15-13/h4-9H,1-3H3. The first-order valence-electron chi connectivity index (χ1n) is 5.37. The fraction of sp³-hybridized carbons (Fsp3) is 0.308. The number of halogens is 1. The zero-order valence-corrected chi connectivity index (χ0v) is 9.74. The minimum Gasteiger partial charge on any atom is -0.275 e. The smallest absolute Gasteiger partial charge is 0.132 e. The van der Waals surface area contributed by atoms with Gasteiger partial charge < -0.3 is 0 Å². The second-order valence-electron chi connectivity index (χ2n) is 4.27. The minimum absolute atomic E-state index is 0.204. The molecule has 0 aliphatic carbocycles. The van der Waals surface area contributed by atoms with Gasteiger partial charge in [0.1, 0.15) is 5.82 Å². The quantitative estimate of drug-likeness (QED) is 0.755. The van der Waals surface area contributed by atoms with E-state index in [-0.39, 0.29) is 5.82 Å². The number of hydrogen-bond acceptors (Lipinski definition) is 1. The summed E-state index contributed by atoms with van der Waals surface area (Å²) < 4.78 is 15.5. The zero-order valence-electron chi connectivity index (χ0n) is 9.74. The number of aryl methyl sites for hydroxylation is 1. The van der Waals surface area contributed by atoms with Crippen molar-refractivity contribution in [3.8, 4) is 11.3 Å². The third-order valence-corrected chi connectivity index (χ3v) is 2.65. The summed E-state index contributed by atoms with van der Waals surface area (Å²) in [6, 6.07) is 7.16. The van der Waals surface area contributed by atoms with Gasteiger partial charge in [0.25, 0.3) is 0 Å². The maximum absolute atomic E-state index is 13.9. The SMILES string of the molecule is CC(C)c1ccc(-c2ccn(C)n2)c(F)c1. The molecule has 1 aromatic carbocycles. The molecule has 1 heterocycles. The summed E-state index contributed by atoms with van der Waals surface area (Å²) in [5.41, 5.74) is 2.25. The number of benzene rings is 1. The van der Waals surface area contributed by atoms with Gasteiger partial charge in [-0.1, -0.05) is 19.9 Å². The van der Waals surface area contributed by atoms with Gasteiger partial charge in [0.05, 0.1) is 5.69 Å². The lowest BCUT2D eigenvalue weighted by Crippen LogP contribution is -1.93. The molecule has 0 N–H and O–H groups in total. The molecule has 2 nitrogen and oxygen atoms in total. The molecule has 0 radical (unpaired) electrons. The maximum atomic E-state index is 13.9. The highest BCUT2D eigenvalue weighted by Crippen LogP contribution is 2.24. The van der Waals surface area contributed by atoms with Crippen molar-refractivity contribution in [3.63, 3.8) is 0 Å². The van der Waals surface area contributed by atoms with Crippen molar-refractivity contribution >= 4 is 0 Å². The van der Waals surface area contributed by atoms with Crippen molar-refractivity contribution in [3.05, 3.63) is 41.8 Å². The Labute approximate surface area is 94.7 Å². The minimum atomic E-state index is -0.204. The molecule has 0 bridgehead atoms. The van der Waals surface area contributed by atoms with Crippen LogP contribution in [0.2, 0.25) is 0 Å². The molecule has 0 unspecified atom stereocenters. The Morgan fingerprint density at radius 1 is 1.25 bits per heavy atom. The molecule has 0 aliphatic heterocycles. The van der Waals surface area contributed by atoms with E-state index in [2.05, 4.69) is 18.9 Å². The van der Waals surface area contributed by atoms with Gasteiger partial charge in [-0.05, 0) is 29.7 Å². The van der Waals surface area contributed by atoms with Crippen molar-refractivity contribution in [2.75, 3.05) is 0 Å². The van der Waals surface area contributed by atoms with E-state index in [1.54, 1.807) is 16.8 Å². The molecule has 2 rings (SSSR count). The van der Waals surface area contributed by atoms with Crippen LogP contribution in [-0.4, -0.2) is 9.78 Å². The highest BCUT2D eigenvalue weighted by Gasteiger charge is 2.09. The third kappa shape index (κ3) is 1.98. The molecular weight excluding hydrogens is 203 g/mol. The first-order chi connectivity index (χ1) is 7.58. The lowest BCUT2D eigenvalue weighted by Gasteiger charge is -2.07. The highest BCUT2D eigenvalue weighted by atomic mass is 19.1. The fourth-order valence-electron chi connectivity index (χ4n) is 1.66. The summed E-state index contributed by atoms with van der Waals surface area (Å²) in [7, 11) is 1.82. The van der Waals surface area contributed by atoms with Crippen molar-refractivity contribution in [1.29, 1.82) is 0 Å².